The fourth-order valence-electron chi connectivity index (χ4n) is 14.9. The number of hydrogen-bond donors (Lipinski definition) is 0. The van der Waals surface area contributed by atoms with Crippen molar-refractivity contribution in [3.8, 4) is 56.3 Å². The van der Waals surface area contributed by atoms with E-state index in [0.29, 0.717) is 28.7 Å². The molecule has 19 rings (SSSR count). The molecule has 10 aromatic rings. The molecule has 0 radical (unpaired) electrons. The highest BCUT2D eigenvalue weighted by atomic mass is 14.9. The molecule has 0 atom stereocenters. The molecule has 4 bridgehead atoms. The van der Waals surface area contributed by atoms with Gasteiger partial charge in [0.05, 0.1) is 0 Å². The van der Waals surface area contributed by atoms with Crippen LogP contribution in [0.4, 0.5) is 0 Å². The van der Waals surface area contributed by atoms with Gasteiger partial charge in [-0.05, 0) is 247 Å². The summed E-state index contributed by atoms with van der Waals surface area (Å²) in [5.41, 5.74) is 26.8. The van der Waals surface area contributed by atoms with Gasteiger partial charge in [-0.2, -0.15) is 0 Å². The lowest BCUT2D eigenvalue weighted by atomic mass is 9.63. The van der Waals surface area contributed by atoms with Gasteiger partial charge >= 0.3 is 0 Å². The van der Waals surface area contributed by atoms with Crippen molar-refractivity contribution in [3.63, 3.8) is 0 Å². The van der Waals surface area contributed by atoms with Crippen molar-refractivity contribution in [2.75, 3.05) is 0 Å². The molecule has 90 heavy (non-hydrogen) atoms. The minimum absolute atomic E-state index is 0.127. The highest BCUT2D eigenvalue weighted by Crippen LogP contribution is 2.51. The van der Waals surface area contributed by atoms with Crippen LogP contribution in [0.5, 0.6) is 0 Å². The standard InChI is InChI=1S/2C18H20N.C17H20N.2C16H18N/c2*1-12-5-3-4-6-16(12)18-10-17-14-7-13(8-14)9-15(17)11-19(18)2;1-13-7-3-5-9-15(13)17-16-10-6-4-8-14(16)11-12-18(17)2;1-12-6-3-4-9-15(12)16-10-13-7-5-8-14(13)11-17(16)2;1-12-6-3-4-8-14(12)16-15-9-5-7-13(15)10-11-17(16)2/h2*3-6,10-11,13-14H,7-9H2,1-2H3;3,5,7,9,11-12H,4,6,8,10H2,1-2H3;3-4,6,9-11H,5,7-8H2,1-2H3;3-4,6,8,10-11H,5,7,9H2,1-2H3/q5*+1/i14D;;8D2,10D2;7D2;7D2,9D2. The average molecular weight is 1200 g/mol. The highest BCUT2D eigenvalue weighted by molar-refractivity contribution is 5.68. The Bertz CT molecular complexity index is 4860. The summed E-state index contributed by atoms with van der Waals surface area (Å²) in [6.07, 6.45) is 12.1. The maximum absolute atomic E-state index is 8.65. The Morgan fingerprint density at radius 1 is 0.356 bits per heavy atom. The van der Waals surface area contributed by atoms with Crippen molar-refractivity contribution in [1.29, 1.82) is 0 Å². The van der Waals surface area contributed by atoms with Crippen molar-refractivity contribution in [2.45, 2.75) is 149 Å². The van der Waals surface area contributed by atoms with Crippen molar-refractivity contribution in [3.05, 3.63) is 266 Å². The summed E-state index contributed by atoms with van der Waals surface area (Å²) in [5.74, 6) is 2.27. The highest BCUT2D eigenvalue weighted by Gasteiger charge is 2.40. The largest absolute Gasteiger partial charge is 0.216 e. The molecule has 2 saturated carbocycles. The first-order valence-corrected chi connectivity index (χ1v) is 32.7. The van der Waals surface area contributed by atoms with Gasteiger partial charge in [0.15, 0.2) is 31.0 Å². The second-order valence-corrected chi connectivity index (χ2v) is 26.3. The van der Waals surface area contributed by atoms with E-state index in [0.717, 1.165) is 93.9 Å². The van der Waals surface area contributed by atoms with Crippen LogP contribution in [0.15, 0.2) is 183 Å². The second kappa shape index (κ2) is 26.4. The van der Waals surface area contributed by atoms with Crippen molar-refractivity contribution < 1.29 is 37.9 Å². The molecule has 0 N–H and O–H groups in total. The zero-order valence-electron chi connectivity index (χ0n) is 65.6. The van der Waals surface area contributed by atoms with E-state index in [1.54, 1.807) is 23.3 Å². The minimum Gasteiger partial charge on any atom is -0.201 e. The predicted molar refractivity (Wildman–Crippen MR) is 368 cm³/mol. The topological polar surface area (TPSA) is 19.4 Å². The molecule has 0 amide bonds. The molecule has 5 aromatic heterocycles. The molecule has 0 aliphatic heterocycles. The first kappa shape index (κ1) is 48.7. The van der Waals surface area contributed by atoms with E-state index in [9.17, 15) is 0 Å². The van der Waals surface area contributed by atoms with Gasteiger partial charge in [0.2, 0.25) is 28.5 Å². The van der Waals surface area contributed by atoms with Gasteiger partial charge in [-0.25, -0.2) is 22.8 Å². The van der Waals surface area contributed by atoms with Crippen LogP contribution in [0.25, 0.3) is 56.3 Å². The van der Waals surface area contributed by atoms with Gasteiger partial charge in [0.25, 0.3) is 0 Å². The molecular formula is C85H96N5+5. The SMILES string of the molecule is Cc1ccccc1-c1cc2c(c[n+]1C)CC1CC2C1.[2H]C1([2H])CC([2H])([2H])c2c1cc[n+](C)c2-c1ccccc1C.[2H]C1([2H])CCC([2H])([2H])c2c1cc[n+](C)c2-c1ccccc1C.[2H]C1([2H])CCc2c[n+](C)c(-c3ccccc3C)cc21.[2H]C12CC(Cc3c[n+](C)c(-c4ccccc4C)cc31)C2. The Morgan fingerprint density at radius 3 is 1.22 bits per heavy atom. The average Bonchev–Trinajstić information content (AvgIpc) is 1.67. The summed E-state index contributed by atoms with van der Waals surface area (Å²) in [4.78, 5) is 0. The van der Waals surface area contributed by atoms with E-state index >= 15 is 0 Å². The third-order valence-electron chi connectivity index (χ3n) is 20.0. The van der Waals surface area contributed by atoms with E-state index in [1.165, 1.54) is 75.2 Å². The Hall–Kier alpha value is -8.15. The first-order chi connectivity index (χ1) is 47.8. The summed E-state index contributed by atoms with van der Waals surface area (Å²) < 4.78 is 102. The molecule has 9 aliphatic carbocycles. The van der Waals surface area contributed by atoms with Crippen LogP contribution in [0.2, 0.25) is 0 Å². The molecule has 456 valence electrons. The van der Waals surface area contributed by atoms with Gasteiger partial charge in [-0.15, -0.1) is 0 Å². The molecule has 0 spiro atoms. The number of rotatable bonds is 5. The zero-order valence-corrected chi connectivity index (χ0v) is 54.6. The Labute approximate surface area is 553 Å². The van der Waals surface area contributed by atoms with Gasteiger partial charge in [0, 0.05) is 101 Å². The lowest BCUT2D eigenvalue weighted by molar-refractivity contribution is -0.661. The molecule has 9 aliphatic rings. The smallest absolute Gasteiger partial charge is 0.201 e. The Morgan fingerprint density at radius 2 is 0.733 bits per heavy atom. The Kier molecular flexibility index (Phi) is 14.3. The van der Waals surface area contributed by atoms with Gasteiger partial charge < -0.3 is 0 Å². The van der Waals surface area contributed by atoms with E-state index in [4.69, 9.17) is 15.1 Å². The number of aryl methyl sites for hydroxylation is 14. The molecular weight excluding hydrogens is 1090 g/mol. The molecule has 5 heteroatoms. The summed E-state index contributed by atoms with van der Waals surface area (Å²) in [7, 11) is 10.1. The molecule has 5 heterocycles. The van der Waals surface area contributed by atoms with E-state index in [2.05, 4.69) is 140 Å². The van der Waals surface area contributed by atoms with Crippen molar-refractivity contribution >= 4 is 0 Å². The van der Waals surface area contributed by atoms with Crippen LogP contribution < -0.4 is 22.8 Å². The second-order valence-electron chi connectivity index (χ2n) is 26.3. The maximum Gasteiger partial charge on any atom is 0.216 e. The summed E-state index contributed by atoms with van der Waals surface area (Å²) >= 11 is 0. The molecule has 0 unspecified atom stereocenters. The van der Waals surface area contributed by atoms with Crippen LogP contribution in [0, 0.1) is 46.5 Å². The molecule has 5 nitrogen and oxygen atoms in total. The predicted octanol–water partition coefficient (Wildman–Crippen LogP) is 16.4. The van der Waals surface area contributed by atoms with Crippen molar-refractivity contribution in [1.82, 2.24) is 0 Å². The van der Waals surface area contributed by atoms with Crippen LogP contribution >= 0.6 is 0 Å². The summed E-state index contributed by atoms with van der Waals surface area (Å²) in [6, 6.07) is 51.4. The number of benzene rings is 5. The molecule has 0 saturated heterocycles. The third-order valence-corrected chi connectivity index (χ3v) is 20.0. The third kappa shape index (κ3) is 12.4. The number of hydrogen-bond acceptors (Lipinski definition) is 0. The fraction of sp³-hybridized carbons (Fsp3) is 0.353. The number of nitrogens with zero attached hydrogens (tertiary/aromatic N) is 5. The van der Waals surface area contributed by atoms with Crippen molar-refractivity contribution in [2.24, 2.45) is 47.1 Å². The van der Waals surface area contributed by atoms with E-state index in [1.807, 2.05) is 123 Å². The summed E-state index contributed by atoms with van der Waals surface area (Å²) in [6.45, 7) is 10.5. The number of pyridine rings is 5. The van der Waals surface area contributed by atoms with Crippen LogP contribution in [0.3, 0.4) is 0 Å². The molecule has 2 fully saturated rings. The van der Waals surface area contributed by atoms with Gasteiger partial charge in [-0.3, -0.25) is 0 Å². The lowest BCUT2D eigenvalue weighted by Crippen LogP contribution is -2.37. The van der Waals surface area contributed by atoms with E-state index < -0.39 is 31.9 Å². The summed E-state index contributed by atoms with van der Waals surface area (Å²) in [5, 5.41) is 0. The Balaban J connectivity index is 0.000000113. The first-order valence-electron chi connectivity index (χ1n) is 38.2. The van der Waals surface area contributed by atoms with Crippen LogP contribution in [-0.4, -0.2) is 0 Å². The quantitative estimate of drug-likeness (QED) is 0.153. The van der Waals surface area contributed by atoms with E-state index in [-0.39, 0.29) is 25.2 Å². The fourth-order valence-corrected chi connectivity index (χ4v) is 14.9. The minimum atomic E-state index is -1.66. The number of fused-ring (bicyclic) bond motifs is 3. The lowest BCUT2D eigenvalue weighted by Gasteiger charge is -2.41. The van der Waals surface area contributed by atoms with Crippen LogP contribution in [0.1, 0.15) is 162 Å². The monoisotopic (exact) mass is 1200 g/mol. The van der Waals surface area contributed by atoms with Crippen LogP contribution in [-0.2, 0) is 86.4 Å². The zero-order chi connectivity index (χ0) is 72.0. The van der Waals surface area contributed by atoms with Gasteiger partial charge in [0.1, 0.15) is 35.2 Å². The maximum atomic E-state index is 8.65. The molecule has 5 aromatic carbocycles. The normalized spacial score (nSPS) is 23.5. The number of aromatic nitrogens is 5. The van der Waals surface area contributed by atoms with Gasteiger partial charge in [-0.1, -0.05) is 91.0 Å².